The Morgan fingerprint density at radius 1 is 1.30 bits per heavy atom. The van der Waals surface area contributed by atoms with Crippen LogP contribution in [0.1, 0.15) is 15.9 Å². The topological polar surface area (TPSA) is 46.9 Å². The lowest BCUT2D eigenvalue weighted by Crippen LogP contribution is -2.14. The highest BCUT2D eigenvalue weighted by Gasteiger charge is 2.16. The third-order valence-corrected chi connectivity index (χ3v) is 5.74. The zero-order valence-electron chi connectivity index (χ0n) is 14.0. The Labute approximate surface area is 178 Å². The summed E-state index contributed by atoms with van der Waals surface area (Å²) >= 11 is 17.1. The Morgan fingerprint density at radius 3 is 2.78 bits per heavy atom. The Bertz CT molecular complexity index is 992. The van der Waals surface area contributed by atoms with Gasteiger partial charge >= 0.3 is 0 Å². The van der Waals surface area contributed by atoms with Crippen LogP contribution in [-0.4, -0.2) is 21.9 Å². The van der Waals surface area contributed by atoms with Crippen LogP contribution in [0.3, 0.4) is 0 Å². The molecule has 1 heterocycles. The third kappa shape index (κ3) is 4.66. The molecule has 27 heavy (non-hydrogen) atoms. The Balaban J connectivity index is 1.82. The van der Waals surface area contributed by atoms with Crippen LogP contribution in [0.15, 0.2) is 52.0 Å². The molecule has 2 aromatic carbocycles. The van der Waals surface area contributed by atoms with Gasteiger partial charge in [0.1, 0.15) is 5.82 Å². The first kappa shape index (κ1) is 20.2. The van der Waals surface area contributed by atoms with Gasteiger partial charge in [-0.3, -0.25) is 9.48 Å². The van der Waals surface area contributed by atoms with E-state index in [-0.39, 0.29) is 12.5 Å². The van der Waals surface area contributed by atoms with Crippen LogP contribution in [0.25, 0.3) is 0 Å². The minimum absolute atomic E-state index is 0.128. The van der Waals surface area contributed by atoms with Gasteiger partial charge in [-0.05, 0) is 52.5 Å². The van der Waals surface area contributed by atoms with Gasteiger partial charge in [-0.2, -0.15) is 5.10 Å². The van der Waals surface area contributed by atoms with Gasteiger partial charge in [0.05, 0.1) is 21.6 Å². The van der Waals surface area contributed by atoms with Gasteiger partial charge in [0.15, 0.2) is 5.82 Å². The van der Waals surface area contributed by atoms with Crippen molar-refractivity contribution in [2.24, 2.45) is 0 Å². The van der Waals surface area contributed by atoms with Crippen LogP contribution in [0.5, 0.6) is 0 Å². The number of carbonyl (C=O) groups is 1. The van der Waals surface area contributed by atoms with Crippen LogP contribution < -0.4 is 5.32 Å². The molecule has 0 fully saturated rings. The molecule has 1 aromatic heterocycles. The van der Waals surface area contributed by atoms with Gasteiger partial charge in [0.2, 0.25) is 0 Å². The molecule has 1 amide bonds. The number of thioether (sulfide) groups is 1. The molecule has 0 saturated carbocycles. The minimum atomic E-state index is -0.416. The van der Waals surface area contributed by atoms with E-state index in [0.29, 0.717) is 31.5 Å². The molecule has 9 heteroatoms. The van der Waals surface area contributed by atoms with Crippen molar-refractivity contribution in [1.29, 1.82) is 0 Å². The van der Waals surface area contributed by atoms with Crippen LogP contribution >= 0.6 is 50.9 Å². The summed E-state index contributed by atoms with van der Waals surface area (Å²) in [7, 11) is 0. The van der Waals surface area contributed by atoms with Crippen molar-refractivity contribution >= 4 is 62.6 Å². The van der Waals surface area contributed by atoms with Crippen LogP contribution in [0, 0.1) is 5.82 Å². The first-order chi connectivity index (χ1) is 12.9. The van der Waals surface area contributed by atoms with E-state index in [2.05, 4.69) is 26.3 Å². The number of anilines is 1. The first-order valence-corrected chi connectivity index (χ1v) is 10.5. The molecule has 0 spiro atoms. The number of nitrogens with one attached hydrogen (secondary N) is 1. The molecule has 0 aliphatic rings. The average Bonchev–Trinajstić information content (AvgIpc) is 2.98. The number of benzene rings is 2. The van der Waals surface area contributed by atoms with Crippen LogP contribution in [0.2, 0.25) is 10.0 Å². The van der Waals surface area contributed by atoms with Crippen molar-refractivity contribution < 1.29 is 9.18 Å². The predicted molar refractivity (Wildman–Crippen MR) is 112 cm³/mol. The van der Waals surface area contributed by atoms with Gasteiger partial charge < -0.3 is 5.32 Å². The molecular formula is C18H13BrCl2FN3OS. The summed E-state index contributed by atoms with van der Waals surface area (Å²) in [6, 6.07) is 9.72. The van der Waals surface area contributed by atoms with Gasteiger partial charge in [0, 0.05) is 21.7 Å². The molecule has 1 N–H and O–H groups in total. The molecule has 0 unspecified atom stereocenters. The van der Waals surface area contributed by atoms with E-state index < -0.39 is 5.82 Å². The second-order valence-electron chi connectivity index (χ2n) is 5.52. The summed E-state index contributed by atoms with van der Waals surface area (Å²) < 4.78 is 16.0. The molecule has 0 aliphatic carbocycles. The molecule has 0 aliphatic heterocycles. The van der Waals surface area contributed by atoms with Crippen molar-refractivity contribution in [1.82, 2.24) is 9.78 Å². The Morgan fingerprint density at radius 2 is 2.07 bits per heavy atom. The van der Waals surface area contributed by atoms with E-state index in [9.17, 15) is 9.18 Å². The Kier molecular flexibility index (Phi) is 6.47. The standard InChI is InChI=1S/C18H13BrCl2FN3OS/c1-27-10-5-6-15(21)11(7-10)18(26)23-17-13(19)9-25(24-17)8-12-14(20)3-2-4-16(12)22/h2-7,9H,8H2,1H3,(H,23,24,26). The summed E-state index contributed by atoms with van der Waals surface area (Å²) in [6.07, 6.45) is 3.55. The zero-order valence-corrected chi connectivity index (χ0v) is 17.9. The lowest BCUT2D eigenvalue weighted by molar-refractivity contribution is 0.102. The maximum Gasteiger partial charge on any atom is 0.258 e. The number of amides is 1. The number of rotatable bonds is 5. The third-order valence-electron chi connectivity index (χ3n) is 3.75. The fourth-order valence-corrected chi connectivity index (χ4v) is 3.67. The monoisotopic (exact) mass is 487 g/mol. The summed E-state index contributed by atoms with van der Waals surface area (Å²) in [4.78, 5) is 13.5. The number of hydrogen-bond acceptors (Lipinski definition) is 3. The highest BCUT2D eigenvalue weighted by molar-refractivity contribution is 9.10. The van der Waals surface area contributed by atoms with E-state index in [1.807, 2.05) is 12.3 Å². The van der Waals surface area contributed by atoms with Gasteiger partial charge in [0.25, 0.3) is 5.91 Å². The average molecular weight is 489 g/mol. The molecule has 0 radical (unpaired) electrons. The summed E-state index contributed by atoms with van der Waals surface area (Å²) in [5, 5.41) is 7.66. The van der Waals surface area contributed by atoms with Crippen molar-refractivity contribution in [3.63, 3.8) is 0 Å². The number of hydrogen-bond donors (Lipinski definition) is 1. The highest BCUT2D eigenvalue weighted by Crippen LogP contribution is 2.27. The fourth-order valence-electron chi connectivity index (χ4n) is 2.39. The second-order valence-corrected chi connectivity index (χ2v) is 8.07. The maximum atomic E-state index is 14.0. The number of nitrogens with zero attached hydrogens (tertiary/aromatic N) is 2. The smallest absolute Gasteiger partial charge is 0.258 e. The van der Waals surface area contributed by atoms with E-state index in [1.165, 1.54) is 28.6 Å². The molecule has 4 nitrogen and oxygen atoms in total. The van der Waals surface area contributed by atoms with Crippen molar-refractivity contribution in [3.05, 3.63) is 74.1 Å². The van der Waals surface area contributed by atoms with Crippen LogP contribution in [-0.2, 0) is 6.54 Å². The molecule has 0 atom stereocenters. The highest BCUT2D eigenvalue weighted by atomic mass is 79.9. The van der Waals surface area contributed by atoms with E-state index in [4.69, 9.17) is 23.2 Å². The molecule has 0 bridgehead atoms. The van der Waals surface area contributed by atoms with Gasteiger partial charge in [-0.25, -0.2) is 4.39 Å². The normalized spacial score (nSPS) is 10.9. The van der Waals surface area contributed by atoms with Gasteiger partial charge in [-0.1, -0.05) is 29.3 Å². The number of carbonyl (C=O) groups excluding carboxylic acids is 1. The van der Waals surface area contributed by atoms with E-state index >= 15 is 0 Å². The quantitative estimate of drug-likeness (QED) is 0.440. The largest absolute Gasteiger partial charge is 0.304 e. The van der Waals surface area contributed by atoms with Crippen molar-refractivity contribution in [3.8, 4) is 0 Å². The predicted octanol–water partition coefficient (Wildman–Crippen LogP) is 6.11. The lowest BCUT2D eigenvalue weighted by Gasteiger charge is -2.07. The minimum Gasteiger partial charge on any atom is -0.304 e. The van der Waals surface area contributed by atoms with Crippen LogP contribution in [0.4, 0.5) is 10.2 Å². The van der Waals surface area contributed by atoms with E-state index in [1.54, 1.807) is 24.4 Å². The maximum absolute atomic E-state index is 14.0. The summed E-state index contributed by atoms with van der Waals surface area (Å²) in [5.74, 6) is -0.496. The van der Waals surface area contributed by atoms with E-state index in [0.717, 1.165) is 4.90 Å². The van der Waals surface area contributed by atoms with Crippen molar-refractivity contribution in [2.75, 3.05) is 11.6 Å². The molecule has 0 saturated heterocycles. The SMILES string of the molecule is CSc1ccc(Cl)c(C(=O)Nc2nn(Cc3c(F)cccc3Cl)cc2Br)c1. The molecule has 3 aromatic rings. The number of halogens is 4. The summed E-state index contributed by atoms with van der Waals surface area (Å²) in [5.41, 5.74) is 0.671. The molecule has 3 rings (SSSR count). The summed E-state index contributed by atoms with van der Waals surface area (Å²) in [6.45, 7) is 0.128. The first-order valence-electron chi connectivity index (χ1n) is 7.69. The van der Waals surface area contributed by atoms with Gasteiger partial charge in [-0.15, -0.1) is 11.8 Å². The lowest BCUT2D eigenvalue weighted by atomic mass is 10.2. The molecule has 140 valence electrons. The van der Waals surface area contributed by atoms with Crippen molar-refractivity contribution in [2.45, 2.75) is 11.4 Å². The second kappa shape index (κ2) is 8.65. The Hall–Kier alpha value is -1.54. The number of aromatic nitrogens is 2. The molecular weight excluding hydrogens is 476 g/mol. The fraction of sp³-hybridized carbons (Fsp3) is 0.111. The zero-order chi connectivity index (χ0) is 19.6.